The number of nitrogens with one attached hydrogen (secondary N) is 1. The summed E-state index contributed by atoms with van der Waals surface area (Å²) in [6, 6.07) is 0.136. The maximum atomic E-state index is 9.03. The number of aliphatic imine (C=N–C) groups is 1. The molecule has 4 heteroatoms. The van der Waals surface area contributed by atoms with Crippen LogP contribution in [0.3, 0.4) is 0 Å². The van der Waals surface area contributed by atoms with Gasteiger partial charge in [-0.2, -0.15) is 0 Å². The zero-order valence-corrected chi connectivity index (χ0v) is 18.9. The second-order valence-corrected chi connectivity index (χ2v) is 11.9. The highest BCUT2D eigenvalue weighted by Gasteiger charge is 2.49. The van der Waals surface area contributed by atoms with Crippen molar-refractivity contribution < 1.29 is 11.6 Å². The number of thioether (sulfide) groups is 1. The van der Waals surface area contributed by atoms with Crippen LogP contribution in [0.5, 0.6) is 0 Å². The largest absolute Gasteiger partial charge is 0.472 e. The molecule has 0 aromatic rings. The maximum absolute atomic E-state index is 9.03. The van der Waals surface area contributed by atoms with Crippen LogP contribution in [0.25, 0.3) is 0 Å². The van der Waals surface area contributed by atoms with Gasteiger partial charge in [0, 0.05) is 47.5 Å². The smallest absolute Gasteiger partial charge is 0.192 e. The Labute approximate surface area is 188 Å². The first-order valence-electron chi connectivity index (χ1n) is 13.9. The molecule has 0 spiro atoms. The second-order valence-electron chi connectivity index (χ2n) is 10.4. The number of fused-ring (bicyclic) bond motifs is 4. The van der Waals surface area contributed by atoms with Crippen molar-refractivity contribution in [3.8, 4) is 0 Å². The topological polar surface area (TPSA) is 33.6 Å². The molecule has 0 aromatic heterocycles. The van der Waals surface area contributed by atoms with Crippen molar-refractivity contribution in [3.05, 3.63) is 23.0 Å². The fourth-order valence-electron chi connectivity index (χ4n) is 6.02. The van der Waals surface area contributed by atoms with Crippen LogP contribution in [-0.2, 0) is 4.74 Å². The summed E-state index contributed by atoms with van der Waals surface area (Å²) in [5.41, 5.74) is 2.45. The molecule has 0 aromatic carbocycles. The third-order valence-electron chi connectivity index (χ3n) is 7.20. The minimum absolute atomic E-state index is 0.101. The van der Waals surface area contributed by atoms with Gasteiger partial charge in [-0.1, -0.05) is 39.3 Å². The predicted molar refractivity (Wildman–Crippen MR) is 123 cm³/mol. The highest BCUT2D eigenvalue weighted by molar-refractivity contribution is 8.01. The SMILES string of the molecule is [2H]C([2H])([2H])C1=NC2OC3=C([C@@H]4NCC=C5C4S[C@@H](C)[C@H]5C([2H])([2H])C(C)(C)C)CCCC3C2CC1. The Hall–Kier alpha value is -0.740. The molecule has 2 fully saturated rings. The summed E-state index contributed by atoms with van der Waals surface area (Å²) in [6.07, 6.45) is 5.11. The number of allylic oxidation sites excluding steroid dienone is 1. The monoisotopic (exact) mass is 419 g/mol. The molecular weight excluding hydrogens is 376 g/mol. The van der Waals surface area contributed by atoms with Gasteiger partial charge in [0.1, 0.15) is 5.76 Å². The van der Waals surface area contributed by atoms with Crippen molar-refractivity contribution in [1.29, 1.82) is 0 Å². The highest BCUT2D eigenvalue weighted by Crippen LogP contribution is 2.53. The van der Waals surface area contributed by atoms with Crippen LogP contribution in [0.1, 0.15) is 79.9 Å². The Bertz CT molecular complexity index is 935. The number of ether oxygens (including phenoxy) is 1. The molecule has 0 amide bonds. The van der Waals surface area contributed by atoms with Crippen LogP contribution < -0.4 is 5.32 Å². The molecule has 4 heterocycles. The van der Waals surface area contributed by atoms with Crippen molar-refractivity contribution in [2.75, 3.05) is 6.54 Å². The van der Waals surface area contributed by atoms with Gasteiger partial charge in [0.2, 0.25) is 0 Å². The van der Waals surface area contributed by atoms with Gasteiger partial charge in [0.15, 0.2) is 6.23 Å². The van der Waals surface area contributed by atoms with E-state index in [1.54, 1.807) is 0 Å². The molecule has 5 rings (SSSR count). The van der Waals surface area contributed by atoms with E-state index in [0.717, 1.165) is 38.0 Å². The van der Waals surface area contributed by atoms with Crippen molar-refractivity contribution >= 4 is 17.5 Å². The van der Waals surface area contributed by atoms with Crippen molar-refractivity contribution in [2.24, 2.45) is 28.2 Å². The van der Waals surface area contributed by atoms with Crippen molar-refractivity contribution in [1.82, 2.24) is 5.32 Å². The van der Waals surface area contributed by atoms with Crippen LogP contribution in [0.2, 0.25) is 0 Å². The van der Waals surface area contributed by atoms with E-state index in [1.807, 2.05) is 32.5 Å². The fourth-order valence-corrected chi connectivity index (χ4v) is 7.69. The van der Waals surface area contributed by atoms with E-state index in [9.17, 15) is 0 Å². The zero-order chi connectivity index (χ0) is 24.6. The van der Waals surface area contributed by atoms with Crippen LogP contribution in [0.15, 0.2) is 28.0 Å². The molecule has 3 nitrogen and oxygen atoms in total. The average Bonchev–Trinajstić information content (AvgIpc) is 3.28. The molecule has 29 heavy (non-hydrogen) atoms. The molecule has 4 unspecified atom stereocenters. The predicted octanol–water partition coefficient (Wildman–Crippen LogP) is 5.72. The van der Waals surface area contributed by atoms with Gasteiger partial charge in [-0.05, 0) is 62.2 Å². The molecule has 4 aliphatic heterocycles. The molecule has 0 saturated carbocycles. The van der Waals surface area contributed by atoms with E-state index < -0.39 is 18.6 Å². The summed E-state index contributed by atoms with van der Waals surface area (Å²) in [4.78, 5) is 4.58. The van der Waals surface area contributed by atoms with Gasteiger partial charge in [0.05, 0.1) is 0 Å². The van der Waals surface area contributed by atoms with Gasteiger partial charge >= 0.3 is 0 Å². The van der Waals surface area contributed by atoms with E-state index in [2.05, 4.69) is 23.3 Å². The number of hydrogen-bond acceptors (Lipinski definition) is 4. The third kappa shape index (κ3) is 3.63. The molecule has 1 aliphatic carbocycles. The first-order valence-corrected chi connectivity index (χ1v) is 12.3. The summed E-state index contributed by atoms with van der Waals surface area (Å²) in [6.45, 7) is 6.82. The maximum Gasteiger partial charge on any atom is 0.192 e. The van der Waals surface area contributed by atoms with Gasteiger partial charge in [-0.3, -0.25) is 4.99 Å². The quantitative estimate of drug-likeness (QED) is 0.581. The minimum Gasteiger partial charge on any atom is -0.472 e. The third-order valence-corrected chi connectivity index (χ3v) is 8.74. The minimum atomic E-state index is -2.14. The average molecular weight is 420 g/mol. The lowest BCUT2D eigenvalue weighted by Gasteiger charge is -2.36. The molecule has 0 radical (unpaired) electrons. The molecule has 0 bridgehead atoms. The Balaban J connectivity index is 1.46. The van der Waals surface area contributed by atoms with Gasteiger partial charge < -0.3 is 10.1 Å². The zero-order valence-electron chi connectivity index (χ0n) is 23.1. The summed E-state index contributed by atoms with van der Waals surface area (Å²) in [5, 5.41) is 4.15. The first kappa shape index (κ1) is 15.1. The van der Waals surface area contributed by atoms with Crippen molar-refractivity contribution in [2.45, 2.75) is 95.8 Å². The lowest BCUT2D eigenvalue weighted by Crippen LogP contribution is -2.45. The molecule has 2 saturated heterocycles. The number of rotatable bonds is 2. The lowest BCUT2D eigenvalue weighted by molar-refractivity contribution is 0.128. The second kappa shape index (κ2) is 7.44. The molecule has 7 atom stereocenters. The Morgan fingerprint density at radius 3 is 3.00 bits per heavy atom. The van der Waals surface area contributed by atoms with Crippen LogP contribution in [-0.4, -0.2) is 35.0 Å². The number of hydrogen-bond donors (Lipinski definition) is 1. The first-order chi connectivity index (χ1) is 15.8. The van der Waals surface area contributed by atoms with Gasteiger partial charge in [-0.15, -0.1) is 11.8 Å². The molecule has 5 aliphatic rings. The molecule has 160 valence electrons. The van der Waals surface area contributed by atoms with E-state index in [-0.39, 0.29) is 34.6 Å². The van der Waals surface area contributed by atoms with E-state index in [4.69, 9.17) is 11.6 Å². The van der Waals surface area contributed by atoms with Crippen LogP contribution in [0, 0.1) is 23.2 Å². The van der Waals surface area contributed by atoms with Crippen LogP contribution >= 0.6 is 11.8 Å². The van der Waals surface area contributed by atoms with Crippen LogP contribution in [0.4, 0.5) is 0 Å². The fraction of sp³-hybridized carbons (Fsp3) is 0.800. The highest BCUT2D eigenvalue weighted by atomic mass is 32.2. The van der Waals surface area contributed by atoms with Gasteiger partial charge in [-0.25, -0.2) is 0 Å². The Morgan fingerprint density at radius 1 is 1.34 bits per heavy atom. The number of nitrogens with zero attached hydrogens (tertiary/aromatic N) is 1. The summed E-state index contributed by atoms with van der Waals surface area (Å²) < 4.78 is 47.9. The van der Waals surface area contributed by atoms with Crippen molar-refractivity contribution in [3.63, 3.8) is 0 Å². The van der Waals surface area contributed by atoms with E-state index >= 15 is 0 Å². The summed E-state index contributed by atoms with van der Waals surface area (Å²) in [7, 11) is 0. The Kier molecular flexibility index (Phi) is 3.88. The normalized spacial score (nSPS) is 45.4. The standard InChI is InChI=1S/C25H38N2OS/c1-14-9-10-18-16-7-6-8-19(22(16)28-24(18)27-14)21-23-17(11-12-26-21)20(15(2)29-23)13-25(3,4)5/h11,15-16,18,20-21,23-24,26H,6-10,12-13H2,1-5H3/t15-,16?,18?,20+,21-,23?,24?/m0/s1/i1D3,13D2. The lowest BCUT2D eigenvalue weighted by atomic mass is 9.74. The summed E-state index contributed by atoms with van der Waals surface area (Å²) in [5.74, 6) is 1.56. The molecule has 1 N–H and O–H groups in total. The summed E-state index contributed by atoms with van der Waals surface area (Å²) >= 11 is 1.90. The van der Waals surface area contributed by atoms with E-state index in [0.29, 0.717) is 18.1 Å². The Morgan fingerprint density at radius 2 is 2.21 bits per heavy atom. The van der Waals surface area contributed by atoms with Gasteiger partial charge in [0.25, 0.3) is 0 Å². The molecular formula is C25H38N2OS. The van der Waals surface area contributed by atoms with E-state index in [1.165, 1.54) is 11.1 Å².